The van der Waals surface area contributed by atoms with Crippen molar-refractivity contribution in [3.63, 3.8) is 0 Å². The van der Waals surface area contributed by atoms with Crippen LogP contribution in [-0.4, -0.2) is 31.6 Å². The fourth-order valence-electron chi connectivity index (χ4n) is 1.83. The van der Waals surface area contributed by atoms with Crippen molar-refractivity contribution in [2.45, 2.75) is 18.7 Å². The SMILES string of the molecule is CCOc1ncnc(Nc2ccc(S(N)(=O)=O)cc2)c1OCC. The number of anilines is 2. The van der Waals surface area contributed by atoms with E-state index in [0.29, 0.717) is 36.3 Å². The predicted molar refractivity (Wildman–Crippen MR) is 85.5 cm³/mol. The first-order chi connectivity index (χ1) is 11.0. The Morgan fingerprint density at radius 2 is 1.74 bits per heavy atom. The highest BCUT2D eigenvalue weighted by molar-refractivity contribution is 7.89. The van der Waals surface area contributed by atoms with Gasteiger partial charge in [0.15, 0.2) is 5.82 Å². The summed E-state index contributed by atoms with van der Waals surface area (Å²) in [6.07, 6.45) is 1.36. The van der Waals surface area contributed by atoms with Gasteiger partial charge in [-0.15, -0.1) is 0 Å². The highest BCUT2D eigenvalue weighted by Gasteiger charge is 2.14. The number of nitrogens with zero attached hydrogens (tertiary/aromatic N) is 2. The molecule has 0 spiro atoms. The Balaban J connectivity index is 2.30. The maximum atomic E-state index is 11.3. The van der Waals surface area contributed by atoms with Crippen LogP contribution < -0.4 is 19.9 Å². The zero-order valence-electron chi connectivity index (χ0n) is 12.8. The van der Waals surface area contributed by atoms with Crippen molar-refractivity contribution >= 4 is 21.5 Å². The number of benzene rings is 1. The molecule has 0 unspecified atom stereocenters. The zero-order valence-corrected chi connectivity index (χ0v) is 13.6. The number of nitrogens with two attached hydrogens (primary N) is 1. The van der Waals surface area contributed by atoms with Gasteiger partial charge in [-0.05, 0) is 38.1 Å². The van der Waals surface area contributed by atoms with E-state index in [2.05, 4.69) is 15.3 Å². The number of ether oxygens (including phenoxy) is 2. The van der Waals surface area contributed by atoms with Crippen molar-refractivity contribution in [2.24, 2.45) is 5.14 Å². The third kappa shape index (κ3) is 4.30. The van der Waals surface area contributed by atoms with Gasteiger partial charge < -0.3 is 14.8 Å². The summed E-state index contributed by atoms with van der Waals surface area (Å²) < 4.78 is 33.5. The Morgan fingerprint density at radius 1 is 1.09 bits per heavy atom. The minimum atomic E-state index is -3.72. The van der Waals surface area contributed by atoms with Crippen molar-refractivity contribution in [1.29, 1.82) is 0 Å². The molecule has 0 saturated heterocycles. The lowest BCUT2D eigenvalue weighted by Gasteiger charge is -2.14. The van der Waals surface area contributed by atoms with E-state index in [0.717, 1.165) is 0 Å². The van der Waals surface area contributed by atoms with Crippen LogP contribution >= 0.6 is 0 Å². The molecule has 1 aromatic heterocycles. The maximum absolute atomic E-state index is 11.3. The predicted octanol–water partition coefficient (Wildman–Crippen LogP) is 1.66. The Kier molecular flexibility index (Phi) is 5.35. The quantitative estimate of drug-likeness (QED) is 0.788. The second kappa shape index (κ2) is 7.25. The number of aromatic nitrogens is 2. The molecule has 0 amide bonds. The Hall–Kier alpha value is -2.39. The third-order valence-corrected chi connectivity index (χ3v) is 3.72. The molecule has 2 rings (SSSR count). The monoisotopic (exact) mass is 338 g/mol. The first-order valence-corrected chi connectivity index (χ1v) is 8.50. The van der Waals surface area contributed by atoms with Crippen molar-refractivity contribution in [3.8, 4) is 11.6 Å². The number of rotatable bonds is 7. The first kappa shape index (κ1) is 17.0. The van der Waals surface area contributed by atoms with E-state index >= 15 is 0 Å². The van der Waals surface area contributed by atoms with Gasteiger partial charge in [0.25, 0.3) is 5.88 Å². The highest BCUT2D eigenvalue weighted by atomic mass is 32.2. The number of primary sulfonamides is 1. The van der Waals surface area contributed by atoms with Gasteiger partial charge in [-0.1, -0.05) is 0 Å². The number of hydrogen-bond donors (Lipinski definition) is 2. The Bertz CT molecular complexity index is 763. The van der Waals surface area contributed by atoms with Gasteiger partial charge in [-0.2, -0.15) is 4.98 Å². The van der Waals surface area contributed by atoms with Gasteiger partial charge in [-0.3, -0.25) is 0 Å². The molecule has 1 heterocycles. The average molecular weight is 338 g/mol. The van der Waals surface area contributed by atoms with Crippen molar-refractivity contribution in [3.05, 3.63) is 30.6 Å². The van der Waals surface area contributed by atoms with Crippen LogP contribution in [0.5, 0.6) is 11.6 Å². The summed E-state index contributed by atoms with van der Waals surface area (Å²) in [7, 11) is -3.72. The van der Waals surface area contributed by atoms with E-state index < -0.39 is 10.0 Å². The minimum absolute atomic E-state index is 0.0331. The first-order valence-electron chi connectivity index (χ1n) is 6.96. The van der Waals surface area contributed by atoms with E-state index in [1.165, 1.54) is 18.5 Å². The molecule has 23 heavy (non-hydrogen) atoms. The summed E-state index contributed by atoms with van der Waals surface area (Å²) in [5, 5.41) is 8.11. The highest BCUT2D eigenvalue weighted by Crippen LogP contribution is 2.33. The average Bonchev–Trinajstić information content (AvgIpc) is 2.50. The molecule has 124 valence electrons. The van der Waals surface area contributed by atoms with Crippen LogP contribution in [0.3, 0.4) is 0 Å². The molecule has 0 aliphatic heterocycles. The van der Waals surface area contributed by atoms with Crippen molar-refractivity contribution in [2.75, 3.05) is 18.5 Å². The molecule has 0 fully saturated rings. The van der Waals surface area contributed by atoms with Gasteiger partial charge >= 0.3 is 0 Å². The smallest absolute Gasteiger partial charge is 0.262 e. The van der Waals surface area contributed by atoms with Crippen molar-refractivity contribution < 1.29 is 17.9 Å². The lowest BCUT2D eigenvalue weighted by molar-refractivity contribution is 0.278. The van der Waals surface area contributed by atoms with Crippen LogP contribution in [0.4, 0.5) is 11.5 Å². The van der Waals surface area contributed by atoms with E-state index in [1.54, 1.807) is 12.1 Å². The van der Waals surface area contributed by atoms with E-state index in [4.69, 9.17) is 14.6 Å². The number of nitrogens with one attached hydrogen (secondary N) is 1. The molecule has 3 N–H and O–H groups in total. The molecular formula is C14H18N4O4S. The normalized spacial score (nSPS) is 11.1. The summed E-state index contributed by atoms with van der Waals surface area (Å²) in [6.45, 7) is 4.55. The van der Waals surface area contributed by atoms with Crippen molar-refractivity contribution in [1.82, 2.24) is 9.97 Å². The Labute approximate surface area is 134 Å². The molecule has 0 saturated carbocycles. The molecular weight excluding hydrogens is 320 g/mol. The fourth-order valence-corrected chi connectivity index (χ4v) is 2.34. The van der Waals surface area contributed by atoms with E-state index in [9.17, 15) is 8.42 Å². The Morgan fingerprint density at radius 3 is 2.30 bits per heavy atom. The minimum Gasteiger partial charge on any atom is -0.486 e. The molecule has 0 aliphatic rings. The maximum Gasteiger partial charge on any atom is 0.262 e. The summed E-state index contributed by atoms with van der Waals surface area (Å²) >= 11 is 0. The molecule has 9 heteroatoms. The molecule has 1 aromatic carbocycles. The number of sulfonamides is 1. The van der Waals surface area contributed by atoms with Crippen LogP contribution in [0, 0.1) is 0 Å². The second-order valence-corrected chi connectivity index (χ2v) is 5.98. The van der Waals surface area contributed by atoms with Gasteiger partial charge in [0.1, 0.15) is 6.33 Å². The van der Waals surface area contributed by atoms with Crippen LogP contribution in [0.25, 0.3) is 0 Å². The second-order valence-electron chi connectivity index (χ2n) is 4.42. The standard InChI is InChI=1S/C14H18N4O4S/c1-3-21-12-13(16-9-17-14(12)22-4-2)18-10-5-7-11(8-6-10)23(15,19)20/h5-9H,3-4H2,1-2H3,(H2,15,19,20)(H,16,17,18). The summed E-state index contributed by atoms with van der Waals surface area (Å²) in [5.41, 5.74) is 0.625. The molecule has 0 aliphatic carbocycles. The van der Waals surface area contributed by atoms with Crippen LogP contribution in [0.1, 0.15) is 13.8 Å². The molecule has 0 atom stereocenters. The molecule has 0 bridgehead atoms. The summed E-state index contributed by atoms with van der Waals surface area (Å²) in [6, 6.07) is 5.97. The van der Waals surface area contributed by atoms with Crippen LogP contribution in [0.2, 0.25) is 0 Å². The van der Waals surface area contributed by atoms with Crippen LogP contribution in [0.15, 0.2) is 35.5 Å². The fraction of sp³-hybridized carbons (Fsp3) is 0.286. The van der Waals surface area contributed by atoms with Gasteiger partial charge in [0.05, 0.1) is 18.1 Å². The van der Waals surface area contributed by atoms with E-state index in [1.807, 2.05) is 13.8 Å². The topological polar surface area (TPSA) is 116 Å². The lowest BCUT2D eigenvalue weighted by atomic mass is 10.3. The number of hydrogen-bond acceptors (Lipinski definition) is 7. The van der Waals surface area contributed by atoms with E-state index in [-0.39, 0.29) is 4.90 Å². The van der Waals surface area contributed by atoms with Crippen LogP contribution in [-0.2, 0) is 10.0 Å². The largest absolute Gasteiger partial charge is 0.486 e. The summed E-state index contributed by atoms with van der Waals surface area (Å²) in [5.74, 6) is 1.16. The lowest BCUT2D eigenvalue weighted by Crippen LogP contribution is -2.11. The molecule has 2 aromatic rings. The molecule has 0 radical (unpaired) electrons. The van der Waals surface area contributed by atoms with Gasteiger partial charge in [-0.25, -0.2) is 18.5 Å². The summed E-state index contributed by atoms with van der Waals surface area (Å²) in [4.78, 5) is 8.21. The zero-order chi connectivity index (χ0) is 16.9. The van der Waals surface area contributed by atoms with Gasteiger partial charge in [0, 0.05) is 5.69 Å². The van der Waals surface area contributed by atoms with Gasteiger partial charge in [0.2, 0.25) is 15.8 Å². The third-order valence-electron chi connectivity index (χ3n) is 2.79. The molecule has 8 nitrogen and oxygen atoms in total.